The summed E-state index contributed by atoms with van der Waals surface area (Å²) < 4.78 is 12.7. The molecule has 24 heavy (non-hydrogen) atoms. The fraction of sp³-hybridized carbons (Fsp3) is 0.333. The molecule has 0 bridgehead atoms. The van der Waals surface area contributed by atoms with Crippen molar-refractivity contribution in [3.63, 3.8) is 0 Å². The second-order valence-corrected chi connectivity index (χ2v) is 7.36. The van der Waals surface area contributed by atoms with Crippen LogP contribution in [0.1, 0.15) is 45.7 Å². The first-order valence-electron chi connectivity index (χ1n) is 8.49. The summed E-state index contributed by atoms with van der Waals surface area (Å²) in [5.74, 6) is 0. The van der Waals surface area contributed by atoms with Gasteiger partial charge in [-0.2, -0.15) is 0 Å². The van der Waals surface area contributed by atoms with Crippen molar-refractivity contribution in [3.05, 3.63) is 71.8 Å². The van der Waals surface area contributed by atoms with E-state index in [0.29, 0.717) is 0 Å². The monoisotopic (exact) mass is 320 g/mol. The van der Waals surface area contributed by atoms with Crippen LogP contribution in [0.15, 0.2) is 60.7 Å². The van der Waals surface area contributed by atoms with Crippen LogP contribution in [0.2, 0.25) is 0 Å². The minimum Gasteiger partial charge on any atom is -0.399 e. The van der Waals surface area contributed by atoms with E-state index < -0.39 is 0 Å². The van der Waals surface area contributed by atoms with Gasteiger partial charge in [0.15, 0.2) is 0 Å². The third-order valence-electron chi connectivity index (χ3n) is 5.18. The van der Waals surface area contributed by atoms with Crippen LogP contribution in [0, 0.1) is 0 Å². The summed E-state index contributed by atoms with van der Waals surface area (Å²) in [6.45, 7) is 10.5. The van der Waals surface area contributed by atoms with Gasteiger partial charge in [-0.3, -0.25) is 0 Å². The van der Waals surface area contributed by atoms with E-state index in [2.05, 4.69) is 83.1 Å². The summed E-state index contributed by atoms with van der Waals surface area (Å²) in [4.78, 5) is 0. The molecule has 0 unspecified atom stereocenters. The number of allylic oxidation sites excluding steroid dienone is 1. The van der Waals surface area contributed by atoms with Crippen molar-refractivity contribution in [1.82, 2.24) is 0 Å². The summed E-state index contributed by atoms with van der Waals surface area (Å²) >= 11 is 0. The van der Waals surface area contributed by atoms with Gasteiger partial charge in [-0.1, -0.05) is 60.7 Å². The van der Waals surface area contributed by atoms with Crippen molar-refractivity contribution in [2.24, 2.45) is 0 Å². The largest absolute Gasteiger partial charge is 0.495 e. The normalized spacial score (nSPS) is 20.0. The van der Waals surface area contributed by atoms with Gasteiger partial charge in [-0.05, 0) is 56.8 Å². The molecule has 0 aromatic heterocycles. The van der Waals surface area contributed by atoms with Gasteiger partial charge in [0.25, 0.3) is 0 Å². The first-order valence-corrected chi connectivity index (χ1v) is 8.49. The van der Waals surface area contributed by atoms with E-state index in [4.69, 9.17) is 9.31 Å². The molecule has 2 aromatic rings. The highest BCUT2D eigenvalue weighted by Gasteiger charge is 2.52. The molecule has 3 rings (SSSR count). The molecule has 0 radical (unpaired) electrons. The zero-order valence-electron chi connectivity index (χ0n) is 15.2. The van der Waals surface area contributed by atoms with Gasteiger partial charge in [-0.25, -0.2) is 0 Å². The Hall–Kier alpha value is -1.84. The van der Waals surface area contributed by atoms with Gasteiger partial charge in [0, 0.05) is 0 Å². The van der Waals surface area contributed by atoms with E-state index in [1.807, 2.05) is 12.1 Å². The predicted octanol–water partition coefficient (Wildman–Crippen LogP) is 5.25. The number of benzene rings is 2. The average Bonchev–Trinajstić information content (AvgIpc) is 2.77. The molecule has 0 spiro atoms. The maximum Gasteiger partial charge on any atom is 0.495 e. The van der Waals surface area contributed by atoms with E-state index >= 15 is 0 Å². The lowest BCUT2D eigenvalue weighted by Crippen LogP contribution is -2.41. The van der Waals surface area contributed by atoms with Crippen LogP contribution in [0.25, 0.3) is 11.0 Å². The molecule has 0 aliphatic carbocycles. The molecular weight excluding hydrogens is 295 g/mol. The lowest BCUT2D eigenvalue weighted by molar-refractivity contribution is 0.00578. The Balaban J connectivity index is 2.12. The summed E-state index contributed by atoms with van der Waals surface area (Å²) in [6, 6.07) is 20.8. The Bertz CT molecular complexity index is 717. The van der Waals surface area contributed by atoms with Crippen molar-refractivity contribution in [2.75, 3.05) is 0 Å². The Morgan fingerprint density at radius 1 is 0.708 bits per heavy atom. The van der Waals surface area contributed by atoms with Gasteiger partial charge in [0.2, 0.25) is 0 Å². The first kappa shape index (κ1) is 17.0. The number of rotatable bonds is 3. The van der Waals surface area contributed by atoms with Crippen LogP contribution < -0.4 is 0 Å². The minimum atomic E-state index is -0.377. The Labute approximate surface area is 145 Å². The van der Waals surface area contributed by atoms with Crippen molar-refractivity contribution in [1.29, 1.82) is 0 Å². The van der Waals surface area contributed by atoms with E-state index in [9.17, 15) is 0 Å². The van der Waals surface area contributed by atoms with E-state index in [0.717, 1.165) is 11.0 Å². The molecule has 3 heteroatoms. The van der Waals surface area contributed by atoms with E-state index in [1.165, 1.54) is 11.1 Å². The predicted molar refractivity (Wildman–Crippen MR) is 101 cm³/mol. The van der Waals surface area contributed by atoms with Crippen LogP contribution in [0.3, 0.4) is 0 Å². The summed E-state index contributed by atoms with van der Waals surface area (Å²) in [6.07, 6.45) is 0. The maximum atomic E-state index is 6.34. The van der Waals surface area contributed by atoms with Crippen molar-refractivity contribution in [3.8, 4) is 0 Å². The van der Waals surface area contributed by atoms with E-state index in [1.54, 1.807) is 0 Å². The molecule has 0 N–H and O–H groups in total. The zero-order valence-corrected chi connectivity index (χ0v) is 15.2. The molecular formula is C21H25BO2. The highest BCUT2D eigenvalue weighted by Crippen LogP contribution is 2.42. The molecule has 2 nitrogen and oxygen atoms in total. The molecule has 2 aromatic carbocycles. The maximum absolute atomic E-state index is 6.34. The molecule has 0 amide bonds. The molecule has 1 aliphatic heterocycles. The quantitative estimate of drug-likeness (QED) is 0.568. The van der Waals surface area contributed by atoms with Gasteiger partial charge in [0.05, 0.1) is 11.2 Å². The highest BCUT2D eigenvalue weighted by molar-refractivity contribution is 6.71. The van der Waals surface area contributed by atoms with Crippen molar-refractivity contribution in [2.45, 2.75) is 45.8 Å². The molecule has 1 heterocycles. The third-order valence-corrected chi connectivity index (χ3v) is 5.18. The summed E-state index contributed by atoms with van der Waals surface area (Å²) in [7, 11) is -0.377. The number of hydrogen-bond acceptors (Lipinski definition) is 2. The SMILES string of the molecule is C/C(=C(\B1OC(C)(C)C(C)(C)O1)c1ccccc1)c1ccccc1. The van der Waals surface area contributed by atoms with Gasteiger partial charge in [0.1, 0.15) is 0 Å². The molecule has 0 saturated carbocycles. The fourth-order valence-electron chi connectivity index (χ4n) is 2.95. The van der Waals surface area contributed by atoms with Crippen LogP contribution in [0.4, 0.5) is 0 Å². The lowest BCUT2D eigenvalue weighted by atomic mass is 9.70. The molecule has 1 aliphatic rings. The zero-order chi connectivity index (χ0) is 17.4. The summed E-state index contributed by atoms with van der Waals surface area (Å²) in [5, 5.41) is 0. The topological polar surface area (TPSA) is 18.5 Å². The molecule has 1 saturated heterocycles. The Kier molecular flexibility index (Phi) is 4.41. The second kappa shape index (κ2) is 6.23. The third kappa shape index (κ3) is 3.06. The smallest absolute Gasteiger partial charge is 0.399 e. The standard InChI is InChI=1S/C21H25BO2/c1-16(17-12-8-6-9-13-17)19(18-14-10-7-11-15-18)22-23-20(2,3)21(4,5)24-22/h6-15H,1-5H3/b19-16+. The average molecular weight is 320 g/mol. The van der Waals surface area contributed by atoms with Crippen LogP contribution in [-0.2, 0) is 9.31 Å². The van der Waals surface area contributed by atoms with Crippen LogP contribution >= 0.6 is 0 Å². The van der Waals surface area contributed by atoms with Crippen LogP contribution in [-0.4, -0.2) is 18.3 Å². The molecule has 1 fully saturated rings. The fourth-order valence-corrected chi connectivity index (χ4v) is 2.95. The minimum absolute atomic E-state index is 0.353. The Morgan fingerprint density at radius 3 is 1.58 bits per heavy atom. The lowest BCUT2D eigenvalue weighted by Gasteiger charge is -2.32. The van der Waals surface area contributed by atoms with Gasteiger partial charge in [-0.15, -0.1) is 0 Å². The Morgan fingerprint density at radius 2 is 1.12 bits per heavy atom. The van der Waals surface area contributed by atoms with Crippen molar-refractivity contribution < 1.29 is 9.31 Å². The first-order chi connectivity index (χ1) is 11.3. The molecule has 124 valence electrons. The highest BCUT2D eigenvalue weighted by atomic mass is 16.7. The molecule has 0 atom stereocenters. The van der Waals surface area contributed by atoms with Gasteiger partial charge < -0.3 is 9.31 Å². The second-order valence-electron chi connectivity index (χ2n) is 7.36. The summed E-state index contributed by atoms with van der Waals surface area (Å²) in [5.41, 5.74) is 3.90. The van der Waals surface area contributed by atoms with Crippen molar-refractivity contribution >= 4 is 18.2 Å². The van der Waals surface area contributed by atoms with Gasteiger partial charge >= 0.3 is 7.12 Å². The van der Waals surface area contributed by atoms with Crippen LogP contribution in [0.5, 0.6) is 0 Å². The number of hydrogen-bond donors (Lipinski definition) is 0. The van der Waals surface area contributed by atoms with E-state index in [-0.39, 0.29) is 18.3 Å².